The molecular formula is C24H32F3N3O3. The molecule has 2 aliphatic heterocycles. The average molecular weight is 468 g/mol. The van der Waals surface area contributed by atoms with Gasteiger partial charge in [-0.1, -0.05) is 0 Å². The van der Waals surface area contributed by atoms with Crippen LogP contribution in [0.3, 0.4) is 0 Å². The number of carbonyl (C=O) groups excluding carboxylic acids is 1. The Morgan fingerprint density at radius 3 is 2.64 bits per heavy atom. The molecule has 33 heavy (non-hydrogen) atoms. The van der Waals surface area contributed by atoms with Crippen molar-refractivity contribution in [1.82, 2.24) is 14.4 Å². The quantitative estimate of drug-likeness (QED) is 0.640. The number of carbonyl (C=O) groups is 1. The third-order valence-electron chi connectivity index (χ3n) is 6.49. The molecule has 182 valence electrons. The number of nitrogens with zero attached hydrogens (tertiary/aromatic N) is 3. The third kappa shape index (κ3) is 5.81. The Labute approximate surface area is 192 Å². The van der Waals surface area contributed by atoms with Crippen molar-refractivity contribution in [2.45, 2.75) is 45.5 Å². The van der Waals surface area contributed by atoms with Crippen LogP contribution in [-0.2, 0) is 11.3 Å². The van der Waals surface area contributed by atoms with E-state index in [0.717, 1.165) is 30.5 Å². The first-order valence-electron chi connectivity index (χ1n) is 11.6. The predicted octanol–water partition coefficient (Wildman–Crippen LogP) is 4.18. The van der Waals surface area contributed by atoms with Gasteiger partial charge in [-0.3, -0.25) is 4.79 Å². The molecule has 2 aliphatic rings. The monoisotopic (exact) mass is 467 g/mol. The smallest absolute Gasteiger partial charge is 0.406 e. The number of rotatable bonds is 6. The molecule has 4 rings (SSSR count). The van der Waals surface area contributed by atoms with Crippen molar-refractivity contribution in [2.75, 3.05) is 46.0 Å². The number of hydrogen-bond acceptors (Lipinski definition) is 4. The van der Waals surface area contributed by atoms with Gasteiger partial charge in [0.25, 0.3) is 5.91 Å². The van der Waals surface area contributed by atoms with Crippen LogP contribution in [0.4, 0.5) is 13.2 Å². The Morgan fingerprint density at radius 1 is 1.18 bits per heavy atom. The van der Waals surface area contributed by atoms with Crippen LogP contribution in [0.1, 0.15) is 37.2 Å². The van der Waals surface area contributed by atoms with Gasteiger partial charge in [0.2, 0.25) is 0 Å². The summed E-state index contributed by atoms with van der Waals surface area (Å²) in [5.41, 5.74) is 0.418. The summed E-state index contributed by atoms with van der Waals surface area (Å²) < 4.78 is 52.4. The van der Waals surface area contributed by atoms with E-state index in [0.29, 0.717) is 61.5 Å². The van der Waals surface area contributed by atoms with Gasteiger partial charge in [0.15, 0.2) is 0 Å². The normalized spacial score (nSPS) is 20.5. The largest absolute Gasteiger partial charge is 0.493 e. The van der Waals surface area contributed by atoms with Gasteiger partial charge in [-0.2, -0.15) is 13.2 Å². The van der Waals surface area contributed by atoms with Gasteiger partial charge in [-0.15, -0.1) is 0 Å². The van der Waals surface area contributed by atoms with Crippen molar-refractivity contribution in [3.8, 4) is 5.75 Å². The van der Waals surface area contributed by atoms with E-state index in [9.17, 15) is 18.0 Å². The molecule has 0 spiro atoms. The molecule has 0 aliphatic carbocycles. The number of likely N-dealkylation sites (tertiary alicyclic amines) is 1. The third-order valence-corrected chi connectivity index (χ3v) is 6.49. The summed E-state index contributed by atoms with van der Waals surface area (Å²) in [5.74, 6) is 0.626. The second-order valence-electron chi connectivity index (χ2n) is 9.26. The van der Waals surface area contributed by atoms with E-state index in [1.165, 1.54) is 0 Å². The number of amides is 1. The molecule has 0 unspecified atom stereocenters. The van der Waals surface area contributed by atoms with E-state index >= 15 is 0 Å². The molecule has 0 bridgehead atoms. The molecule has 1 atom stereocenters. The van der Waals surface area contributed by atoms with Gasteiger partial charge in [-0.05, 0) is 57.5 Å². The molecular weight excluding hydrogens is 435 g/mol. The van der Waals surface area contributed by atoms with Crippen LogP contribution >= 0.6 is 0 Å². The van der Waals surface area contributed by atoms with E-state index in [1.54, 1.807) is 29.2 Å². The van der Waals surface area contributed by atoms with Gasteiger partial charge in [-0.25, -0.2) is 0 Å². The zero-order valence-corrected chi connectivity index (χ0v) is 19.2. The summed E-state index contributed by atoms with van der Waals surface area (Å²) in [4.78, 5) is 17.0. The van der Waals surface area contributed by atoms with Gasteiger partial charge < -0.3 is 23.8 Å². The Kier molecular flexibility index (Phi) is 7.19. The summed E-state index contributed by atoms with van der Waals surface area (Å²) in [6.07, 6.45) is -2.20. The molecule has 2 fully saturated rings. The number of fused-ring (bicyclic) bond motifs is 1. The average Bonchev–Trinajstić information content (AvgIpc) is 3.14. The van der Waals surface area contributed by atoms with E-state index in [4.69, 9.17) is 9.47 Å². The van der Waals surface area contributed by atoms with Gasteiger partial charge >= 0.3 is 6.18 Å². The summed E-state index contributed by atoms with van der Waals surface area (Å²) in [5, 5.41) is 0.570. The summed E-state index contributed by atoms with van der Waals surface area (Å²) in [7, 11) is 0. The lowest BCUT2D eigenvalue weighted by molar-refractivity contribution is -0.140. The van der Waals surface area contributed by atoms with Crippen LogP contribution in [0, 0.1) is 5.92 Å². The van der Waals surface area contributed by atoms with Crippen molar-refractivity contribution in [1.29, 1.82) is 0 Å². The van der Waals surface area contributed by atoms with Crippen LogP contribution in [0.2, 0.25) is 0 Å². The highest BCUT2D eigenvalue weighted by Gasteiger charge is 2.32. The van der Waals surface area contributed by atoms with Crippen molar-refractivity contribution >= 4 is 16.8 Å². The van der Waals surface area contributed by atoms with Crippen molar-refractivity contribution in [3.63, 3.8) is 0 Å². The Hall–Kier alpha value is -2.26. The highest BCUT2D eigenvalue weighted by molar-refractivity contribution is 5.99. The summed E-state index contributed by atoms with van der Waals surface area (Å²) in [6.45, 7) is 7.35. The van der Waals surface area contributed by atoms with E-state index in [-0.39, 0.29) is 5.69 Å². The van der Waals surface area contributed by atoms with Gasteiger partial charge in [0.05, 0.1) is 19.8 Å². The minimum absolute atomic E-state index is 0.0428. The van der Waals surface area contributed by atoms with E-state index in [1.807, 2.05) is 0 Å². The minimum atomic E-state index is -4.44. The molecule has 1 amide bonds. The highest BCUT2D eigenvalue weighted by Crippen LogP contribution is 2.30. The van der Waals surface area contributed by atoms with Crippen molar-refractivity contribution in [3.05, 3.63) is 30.0 Å². The molecule has 0 N–H and O–H groups in total. The lowest BCUT2D eigenvalue weighted by atomic mass is 9.98. The van der Waals surface area contributed by atoms with Gasteiger partial charge in [0, 0.05) is 42.5 Å². The molecule has 1 aromatic carbocycles. The maximum atomic E-state index is 13.3. The minimum Gasteiger partial charge on any atom is -0.493 e. The number of aromatic nitrogens is 1. The first-order valence-corrected chi connectivity index (χ1v) is 11.6. The number of benzene rings is 1. The topological polar surface area (TPSA) is 46.9 Å². The van der Waals surface area contributed by atoms with E-state index in [2.05, 4.69) is 18.7 Å². The molecule has 6 nitrogen and oxygen atoms in total. The van der Waals surface area contributed by atoms with Crippen LogP contribution in [0.15, 0.2) is 24.3 Å². The number of piperidine rings is 1. The Bertz CT molecular complexity index is 967. The first kappa shape index (κ1) is 23.9. The second kappa shape index (κ2) is 9.93. The van der Waals surface area contributed by atoms with Crippen LogP contribution in [-0.4, -0.2) is 78.5 Å². The van der Waals surface area contributed by atoms with Crippen LogP contribution in [0.5, 0.6) is 5.75 Å². The fourth-order valence-corrected chi connectivity index (χ4v) is 4.71. The number of morpholine rings is 1. The summed E-state index contributed by atoms with van der Waals surface area (Å²) in [6, 6.07) is 7.10. The fraction of sp³-hybridized carbons (Fsp3) is 0.625. The Balaban J connectivity index is 1.54. The molecule has 0 radical (unpaired) electrons. The van der Waals surface area contributed by atoms with Crippen molar-refractivity contribution in [2.24, 2.45) is 5.92 Å². The molecule has 2 saturated heterocycles. The Morgan fingerprint density at radius 2 is 1.94 bits per heavy atom. The van der Waals surface area contributed by atoms with Crippen molar-refractivity contribution < 1.29 is 27.4 Å². The zero-order chi connectivity index (χ0) is 23.6. The fourth-order valence-electron chi connectivity index (χ4n) is 4.71. The SMILES string of the molecule is CC(C)N1CCC[C@H](COc2ccc3c(c2)cc(C(=O)N2CCOCC2)n3CC(F)(F)F)C1. The number of halogens is 3. The first-order chi connectivity index (χ1) is 15.7. The molecule has 1 aromatic heterocycles. The van der Waals surface area contributed by atoms with Crippen LogP contribution in [0.25, 0.3) is 10.9 Å². The maximum absolute atomic E-state index is 13.3. The molecule has 0 saturated carbocycles. The lowest BCUT2D eigenvalue weighted by Gasteiger charge is -2.35. The standard InChI is InChI=1S/C24H32F3N3O3/c1-17(2)29-7-3-4-18(14-29)15-33-20-5-6-21-19(12-20)13-22(30(21)16-24(25,26)27)23(31)28-8-10-32-11-9-28/h5-6,12-13,17-18H,3-4,7-11,14-16H2,1-2H3/t18-/m0/s1. The molecule has 2 aromatic rings. The number of ether oxygens (including phenoxy) is 2. The van der Waals surface area contributed by atoms with E-state index < -0.39 is 18.6 Å². The maximum Gasteiger partial charge on any atom is 0.406 e. The lowest BCUT2D eigenvalue weighted by Crippen LogP contribution is -2.41. The highest BCUT2D eigenvalue weighted by atomic mass is 19.4. The number of alkyl halides is 3. The summed E-state index contributed by atoms with van der Waals surface area (Å²) >= 11 is 0. The molecule has 3 heterocycles. The predicted molar refractivity (Wildman–Crippen MR) is 120 cm³/mol. The molecule has 9 heteroatoms. The number of hydrogen-bond donors (Lipinski definition) is 0. The van der Waals surface area contributed by atoms with Crippen LogP contribution < -0.4 is 4.74 Å². The van der Waals surface area contributed by atoms with Gasteiger partial charge in [0.1, 0.15) is 18.0 Å². The zero-order valence-electron chi connectivity index (χ0n) is 19.2. The second-order valence-corrected chi connectivity index (χ2v) is 9.26.